The van der Waals surface area contributed by atoms with E-state index in [-0.39, 0.29) is 17.2 Å². The van der Waals surface area contributed by atoms with Gasteiger partial charge in [0.1, 0.15) is 21.4 Å². The molecule has 26 heteroatoms. The third-order valence-corrected chi connectivity index (χ3v) is 19.1. The van der Waals surface area contributed by atoms with Crippen LogP contribution in [0.25, 0.3) is 0 Å². The van der Waals surface area contributed by atoms with Crippen molar-refractivity contribution in [1.82, 2.24) is 29.8 Å². The third-order valence-electron chi connectivity index (χ3n) is 17.2. The lowest BCUT2D eigenvalue weighted by molar-refractivity contribution is 0.0357. The lowest BCUT2D eigenvalue weighted by Crippen LogP contribution is -2.37. The number of nitrogens with zero attached hydrogens (tertiary/aromatic N) is 9. The number of benzene rings is 6. The number of anilines is 3. The summed E-state index contributed by atoms with van der Waals surface area (Å²) < 4.78 is 78.9. The molecule has 0 bridgehead atoms. The molecule has 99 heavy (non-hydrogen) atoms. The first-order valence-electron chi connectivity index (χ1n) is 33.0. The number of hydrogen-bond donors (Lipinski definition) is 3. The number of nitrogens with one attached hydrogen (secondary N) is 3. The van der Waals surface area contributed by atoms with Gasteiger partial charge in [0, 0.05) is 145 Å². The van der Waals surface area contributed by atoms with E-state index < -0.39 is 17.5 Å². The van der Waals surface area contributed by atoms with Crippen LogP contribution < -0.4 is 24.8 Å². The van der Waals surface area contributed by atoms with Gasteiger partial charge in [-0.3, -0.25) is 24.8 Å². The Morgan fingerprint density at radius 1 is 0.566 bits per heavy atom. The second-order valence-corrected chi connectivity index (χ2v) is 26.6. The van der Waals surface area contributed by atoms with Crippen molar-refractivity contribution in [2.24, 2.45) is 20.0 Å². The van der Waals surface area contributed by atoms with E-state index in [1.165, 1.54) is 30.0 Å². The third kappa shape index (κ3) is 18.8. The Morgan fingerprint density at radius 2 is 0.990 bits per heavy atom. The fraction of sp³-hybridized carbons (Fsp3) is 0.370. The molecule has 0 amide bonds. The molecule has 3 fully saturated rings. The highest BCUT2D eigenvalue weighted by Gasteiger charge is 2.29. The molecule has 6 aliphatic rings. The van der Waals surface area contributed by atoms with Crippen molar-refractivity contribution in [1.29, 1.82) is 0 Å². The van der Waals surface area contributed by atoms with Gasteiger partial charge in [-0.2, -0.15) is 5.10 Å². The molecule has 0 atom stereocenters. The van der Waals surface area contributed by atoms with Crippen molar-refractivity contribution in [2.75, 3.05) is 156 Å². The summed E-state index contributed by atoms with van der Waals surface area (Å²) in [6.45, 7) is 18.3. The maximum Gasteiger partial charge on any atom is 0.178 e. The van der Waals surface area contributed by atoms with E-state index in [4.69, 9.17) is 90.4 Å². The first-order chi connectivity index (χ1) is 48.1. The summed E-state index contributed by atoms with van der Waals surface area (Å²) in [7, 11) is 3.93. The minimum absolute atomic E-state index is 0.190. The Bertz CT molecular complexity index is 4180. The summed E-state index contributed by atoms with van der Waals surface area (Å²) in [6, 6.07) is 31.6. The molecule has 18 nitrogen and oxygen atoms in total. The molecule has 7 aromatic rings. The first-order valence-corrected chi connectivity index (χ1v) is 35.8. The molecule has 6 aromatic carbocycles. The molecule has 0 unspecified atom stereocenters. The van der Waals surface area contributed by atoms with E-state index in [1.807, 2.05) is 99.8 Å². The Labute approximate surface area is 600 Å². The number of benzodiazepines with no additional fused rings is 1. The quantitative estimate of drug-likeness (QED) is 0.0516. The largest absolute Gasteiger partial charge is 0.490 e. The van der Waals surface area contributed by atoms with Crippen molar-refractivity contribution < 1.29 is 41.6 Å². The number of aromatic amines is 1. The van der Waals surface area contributed by atoms with E-state index in [0.717, 1.165) is 151 Å². The summed E-state index contributed by atoms with van der Waals surface area (Å²) >= 11 is 26.3. The van der Waals surface area contributed by atoms with Gasteiger partial charge in [-0.15, -0.1) is 11.8 Å². The highest BCUT2D eigenvalue weighted by Crippen LogP contribution is 2.41. The molecule has 3 saturated heterocycles. The average molecular weight is 1450 g/mol. The van der Waals surface area contributed by atoms with Crippen LogP contribution in [0.3, 0.4) is 0 Å². The number of thioether (sulfide) groups is 1. The van der Waals surface area contributed by atoms with Crippen LogP contribution in [0.2, 0.25) is 15.1 Å². The van der Waals surface area contributed by atoms with Gasteiger partial charge in [0.05, 0.1) is 106 Å². The van der Waals surface area contributed by atoms with Crippen LogP contribution in [-0.4, -0.2) is 202 Å². The van der Waals surface area contributed by atoms with Crippen LogP contribution in [0.1, 0.15) is 65.3 Å². The van der Waals surface area contributed by atoms with Crippen molar-refractivity contribution >= 4 is 115 Å². The minimum Gasteiger partial charge on any atom is -0.490 e. The highest BCUT2D eigenvalue weighted by molar-refractivity contribution is 8.13. The van der Waals surface area contributed by atoms with E-state index in [9.17, 15) is 4.39 Å². The van der Waals surface area contributed by atoms with Crippen molar-refractivity contribution in [2.45, 2.75) is 33.1 Å². The Hall–Kier alpha value is -7.39. The number of hydrogen-bond acceptors (Lipinski definition) is 18. The number of H-pyrrole nitrogens is 1. The number of fused-ring (bicyclic) bond motifs is 4. The lowest BCUT2D eigenvalue weighted by atomic mass is 10.00. The van der Waals surface area contributed by atoms with Gasteiger partial charge < -0.3 is 44.0 Å². The summed E-state index contributed by atoms with van der Waals surface area (Å²) in [5, 5.41) is 16.1. The predicted molar refractivity (Wildman–Crippen MR) is 397 cm³/mol. The van der Waals surface area contributed by atoms with Crippen molar-refractivity contribution in [3.05, 3.63) is 192 Å². The maximum atomic E-state index is 15.3. The van der Waals surface area contributed by atoms with Crippen LogP contribution in [0, 0.1) is 24.4 Å². The van der Waals surface area contributed by atoms with Crippen LogP contribution in [0.4, 0.5) is 41.7 Å². The standard InChI is InChI=1S/C27H32ClFN4O2S.C24H25ClFN5O2.C22H23ClFN3O2S/c1-18(32(2)3)25-27(36-4)30-23-17-24(35-13-7-10-33-11-14-34-15-12-33)22(29)16-20(23)26(31-25)19-8-5-6-9-21(19)28;1-15-22-24(30-29-15)27-20-14-21(33-10-4-7-31-8-11-32-12-9-31)19(26)13-17(20)23(28-22)16-5-2-3-6-18(16)25;23-17-5-2-1-4-15(17)22-16-12-18(24)20(13-19(16)26-21(30)14-25-22)29-9-3-6-27-7-10-28-11-8-27/h5-6,8-9,16-17H,7,10-15H2,1-4H3;2-3,5-6,13-14H,4,7-12H2,1H3,(H2,27,29,30);1-2,4-5,12-13H,3,6-11,14H2,(H,26,30). The number of thiocarbonyl (C=S) groups is 1. The zero-order chi connectivity index (χ0) is 69.4. The van der Waals surface area contributed by atoms with E-state index in [0.29, 0.717) is 114 Å². The number of aliphatic imine (C=N–C) groups is 4. The van der Waals surface area contributed by atoms with Gasteiger partial charge in [0.2, 0.25) is 0 Å². The van der Waals surface area contributed by atoms with Gasteiger partial charge in [-0.1, -0.05) is 102 Å². The molecule has 0 radical (unpaired) electrons. The molecular formula is C73H80Cl3F3N12O6S2. The summed E-state index contributed by atoms with van der Waals surface area (Å²) in [6.07, 6.45) is 4.38. The van der Waals surface area contributed by atoms with Crippen LogP contribution in [0.5, 0.6) is 17.2 Å². The molecule has 522 valence electrons. The SMILES string of the molecule is CSC1=Nc2cc(OCCCN3CCOCC3)c(F)cc2C(c2ccccc2Cl)=NC1=C(C)N(C)C.Cc1[nH]nc2c1N=C(c1ccccc1Cl)c1cc(F)c(OCCCN3CCOCC3)cc1N2.Fc1cc2c(cc1OCCCN1CCOCC1)NC(=S)CN=C2c1ccccc1Cl. The van der Waals surface area contributed by atoms with Crippen molar-refractivity contribution in [3.8, 4) is 17.2 Å². The predicted octanol–water partition coefficient (Wildman–Crippen LogP) is 14.6. The maximum absolute atomic E-state index is 15.3. The number of halogens is 6. The number of allylic oxidation sites excluding steroid dienone is 1. The average Bonchev–Trinajstić information content (AvgIpc) is 1.72. The molecule has 0 aliphatic carbocycles. The zero-order valence-electron chi connectivity index (χ0n) is 56.0. The second-order valence-electron chi connectivity index (χ2n) is 24.1. The Balaban J connectivity index is 0.000000151. The Kier molecular flexibility index (Phi) is 26.0. The molecule has 1 aromatic heterocycles. The van der Waals surface area contributed by atoms with E-state index in [2.05, 4.69) is 40.5 Å². The summed E-state index contributed by atoms with van der Waals surface area (Å²) in [5.74, 6) is -0.175. The van der Waals surface area contributed by atoms with E-state index in [1.54, 1.807) is 30.3 Å². The molecule has 6 aliphatic heterocycles. The van der Waals surface area contributed by atoms with E-state index >= 15 is 8.78 Å². The minimum atomic E-state index is -0.447. The van der Waals surface area contributed by atoms with Gasteiger partial charge in [0.15, 0.2) is 40.5 Å². The van der Waals surface area contributed by atoms with Crippen molar-refractivity contribution in [3.63, 3.8) is 0 Å². The second kappa shape index (κ2) is 35.3. The fourth-order valence-electron chi connectivity index (χ4n) is 11.7. The normalized spacial score (nSPS) is 16.8. The first kappa shape index (κ1) is 72.8. The molecule has 3 N–H and O–H groups in total. The lowest BCUT2D eigenvalue weighted by Gasteiger charge is -2.26. The fourth-order valence-corrected chi connectivity index (χ4v) is 13.1. The summed E-state index contributed by atoms with van der Waals surface area (Å²) in [4.78, 5) is 28.9. The number of rotatable bonds is 19. The van der Waals surface area contributed by atoms with Gasteiger partial charge in [-0.05, 0) is 75.8 Å². The Morgan fingerprint density at radius 3 is 1.45 bits per heavy atom. The molecule has 0 spiro atoms. The monoisotopic (exact) mass is 1450 g/mol. The van der Waals surface area contributed by atoms with Crippen LogP contribution in [-0.2, 0) is 14.2 Å². The number of ether oxygens (including phenoxy) is 6. The number of morpholine rings is 3. The molecular weight excluding hydrogens is 1370 g/mol. The smallest absolute Gasteiger partial charge is 0.178 e. The molecule has 7 heterocycles. The van der Waals surface area contributed by atoms with Crippen LogP contribution in [0.15, 0.2) is 141 Å². The number of aromatic nitrogens is 2. The van der Waals surface area contributed by atoms with Gasteiger partial charge >= 0.3 is 0 Å². The zero-order valence-corrected chi connectivity index (χ0v) is 59.9. The number of aryl methyl sites for hydroxylation is 1. The molecule has 0 saturated carbocycles. The van der Waals surface area contributed by atoms with Crippen LogP contribution >= 0.6 is 58.8 Å². The van der Waals surface area contributed by atoms with Gasteiger partial charge in [-0.25, -0.2) is 28.1 Å². The van der Waals surface area contributed by atoms with Gasteiger partial charge in [0.25, 0.3) is 0 Å². The highest BCUT2D eigenvalue weighted by atomic mass is 35.5. The molecule has 13 rings (SSSR count). The summed E-state index contributed by atoms with van der Waals surface area (Å²) in [5.41, 5.74) is 10.8. The topological polar surface area (TPSA) is 171 Å².